The molecule has 0 aliphatic heterocycles. The van der Waals surface area contributed by atoms with Crippen molar-refractivity contribution in [1.82, 2.24) is 4.98 Å². The van der Waals surface area contributed by atoms with Crippen molar-refractivity contribution in [2.45, 2.75) is 20.3 Å². The topological polar surface area (TPSA) is 42.0 Å². The summed E-state index contributed by atoms with van der Waals surface area (Å²) in [7, 11) is 0. The number of amides is 1. The first-order valence-electron chi connectivity index (χ1n) is 9.62. The molecule has 0 saturated carbocycles. The summed E-state index contributed by atoms with van der Waals surface area (Å²) >= 11 is 6.04. The standard InChI is InChI=1S/C25H21ClN2O/c1-3-17-8-14-20(15-9-17)27-25(29)23-16(2)24(18-10-12-19(26)13-11-18)28-22-7-5-4-6-21(22)23/h4-15H,3H2,1-2H3,(H,27,29). The predicted molar refractivity (Wildman–Crippen MR) is 121 cm³/mol. The van der Waals surface area contributed by atoms with E-state index >= 15 is 0 Å². The summed E-state index contributed by atoms with van der Waals surface area (Å²) in [6, 6.07) is 23.2. The van der Waals surface area contributed by atoms with Gasteiger partial charge in [-0.3, -0.25) is 4.79 Å². The molecule has 1 aromatic heterocycles. The lowest BCUT2D eigenvalue weighted by molar-refractivity contribution is 0.102. The fourth-order valence-electron chi connectivity index (χ4n) is 3.51. The van der Waals surface area contributed by atoms with Gasteiger partial charge >= 0.3 is 0 Å². The Bertz CT molecular complexity index is 1180. The maximum Gasteiger partial charge on any atom is 0.256 e. The van der Waals surface area contributed by atoms with Crippen LogP contribution in [0.4, 0.5) is 5.69 Å². The Labute approximate surface area is 175 Å². The Morgan fingerprint density at radius 2 is 1.66 bits per heavy atom. The number of nitrogens with one attached hydrogen (secondary N) is 1. The molecule has 4 rings (SSSR count). The lowest BCUT2D eigenvalue weighted by Crippen LogP contribution is -2.15. The number of para-hydroxylation sites is 1. The molecule has 1 amide bonds. The average Bonchev–Trinajstić information content (AvgIpc) is 2.74. The molecule has 0 aliphatic carbocycles. The molecule has 0 saturated heterocycles. The zero-order valence-corrected chi connectivity index (χ0v) is 17.1. The number of anilines is 1. The molecule has 0 radical (unpaired) electrons. The van der Waals surface area contributed by atoms with Gasteiger partial charge in [0.15, 0.2) is 0 Å². The van der Waals surface area contributed by atoms with E-state index in [1.54, 1.807) is 0 Å². The van der Waals surface area contributed by atoms with E-state index in [1.807, 2.05) is 79.7 Å². The molecular formula is C25H21ClN2O. The van der Waals surface area contributed by atoms with Crippen molar-refractivity contribution >= 4 is 34.1 Å². The first kappa shape index (κ1) is 19.2. The summed E-state index contributed by atoms with van der Waals surface area (Å²) in [6.07, 6.45) is 0.965. The third kappa shape index (κ3) is 3.87. The van der Waals surface area contributed by atoms with E-state index in [9.17, 15) is 4.79 Å². The number of hydrogen-bond donors (Lipinski definition) is 1. The number of pyridine rings is 1. The molecule has 1 heterocycles. The van der Waals surface area contributed by atoms with Gasteiger partial charge in [-0.2, -0.15) is 0 Å². The number of aryl methyl sites for hydroxylation is 1. The molecule has 0 bridgehead atoms. The van der Waals surface area contributed by atoms with Crippen LogP contribution in [0.3, 0.4) is 0 Å². The second-order valence-electron chi connectivity index (χ2n) is 6.99. The van der Waals surface area contributed by atoms with Crippen molar-refractivity contribution in [2.24, 2.45) is 0 Å². The van der Waals surface area contributed by atoms with Crippen LogP contribution in [-0.4, -0.2) is 10.9 Å². The van der Waals surface area contributed by atoms with E-state index in [4.69, 9.17) is 16.6 Å². The molecule has 144 valence electrons. The van der Waals surface area contributed by atoms with Gasteiger partial charge in [0.1, 0.15) is 0 Å². The molecule has 0 aliphatic rings. The smallest absolute Gasteiger partial charge is 0.256 e. The fraction of sp³-hybridized carbons (Fsp3) is 0.120. The van der Waals surface area contributed by atoms with Crippen LogP contribution in [-0.2, 0) is 6.42 Å². The summed E-state index contributed by atoms with van der Waals surface area (Å²) in [5, 5.41) is 4.55. The number of halogens is 1. The van der Waals surface area contributed by atoms with E-state index in [0.29, 0.717) is 10.6 Å². The quantitative estimate of drug-likeness (QED) is 0.415. The van der Waals surface area contributed by atoms with Crippen LogP contribution in [0.25, 0.3) is 22.2 Å². The number of benzene rings is 3. The third-order valence-electron chi connectivity index (χ3n) is 5.10. The van der Waals surface area contributed by atoms with E-state index in [1.165, 1.54) is 5.56 Å². The second-order valence-corrected chi connectivity index (χ2v) is 7.43. The number of carbonyl (C=O) groups is 1. The predicted octanol–water partition coefficient (Wildman–Crippen LogP) is 6.68. The molecule has 3 aromatic carbocycles. The monoisotopic (exact) mass is 400 g/mol. The highest BCUT2D eigenvalue weighted by molar-refractivity contribution is 6.30. The Kier molecular flexibility index (Phi) is 5.32. The van der Waals surface area contributed by atoms with E-state index in [0.717, 1.165) is 39.8 Å². The van der Waals surface area contributed by atoms with Crippen LogP contribution in [0.15, 0.2) is 72.8 Å². The van der Waals surface area contributed by atoms with Crippen molar-refractivity contribution in [3.05, 3.63) is 94.5 Å². The number of hydrogen-bond acceptors (Lipinski definition) is 2. The number of carbonyl (C=O) groups excluding carboxylic acids is 1. The lowest BCUT2D eigenvalue weighted by Gasteiger charge is -2.15. The van der Waals surface area contributed by atoms with E-state index in [-0.39, 0.29) is 5.91 Å². The third-order valence-corrected chi connectivity index (χ3v) is 5.35. The molecule has 0 atom stereocenters. The minimum atomic E-state index is -0.138. The molecule has 29 heavy (non-hydrogen) atoms. The number of rotatable bonds is 4. The second kappa shape index (κ2) is 8.06. The van der Waals surface area contributed by atoms with Gasteiger partial charge in [0.25, 0.3) is 5.91 Å². The number of fused-ring (bicyclic) bond motifs is 1. The summed E-state index contributed by atoms with van der Waals surface area (Å²) in [5.74, 6) is -0.138. The van der Waals surface area contributed by atoms with Crippen LogP contribution >= 0.6 is 11.6 Å². The van der Waals surface area contributed by atoms with Gasteiger partial charge in [-0.15, -0.1) is 0 Å². The highest BCUT2D eigenvalue weighted by Gasteiger charge is 2.19. The van der Waals surface area contributed by atoms with Crippen molar-refractivity contribution in [2.75, 3.05) is 5.32 Å². The maximum absolute atomic E-state index is 13.3. The molecule has 4 aromatic rings. The Morgan fingerprint density at radius 1 is 0.966 bits per heavy atom. The van der Waals surface area contributed by atoms with Gasteiger partial charge < -0.3 is 5.32 Å². The first-order chi connectivity index (χ1) is 14.1. The molecule has 0 unspecified atom stereocenters. The maximum atomic E-state index is 13.3. The minimum absolute atomic E-state index is 0.138. The summed E-state index contributed by atoms with van der Waals surface area (Å²) in [4.78, 5) is 18.1. The summed E-state index contributed by atoms with van der Waals surface area (Å²) in [6.45, 7) is 4.05. The van der Waals surface area contributed by atoms with Crippen molar-refractivity contribution in [3.63, 3.8) is 0 Å². The van der Waals surface area contributed by atoms with E-state index in [2.05, 4.69) is 12.2 Å². The molecule has 4 heteroatoms. The molecule has 3 nitrogen and oxygen atoms in total. The fourth-order valence-corrected chi connectivity index (χ4v) is 3.63. The van der Waals surface area contributed by atoms with Gasteiger partial charge in [0.05, 0.1) is 16.8 Å². The molecule has 0 spiro atoms. The highest BCUT2D eigenvalue weighted by atomic mass is 35.5. The van der Waals surface area contributed by atoms with Crippen LogP contribution in [0, 0.1) is 6.92 Å². The molecule has 0 fully saturated rings. The minimum Gasteiger partial charge on any atom is -0.322 e. The van der Waals surface area contributed by atoms with Gasteiger partial charge in [0, 0.05) is 21.7 Å². The first-order valence-corrected chi connectivity index (χ1v) is 10.00. The van der Waals surface area contributed by atoms with Crippen molar-refractivity contribution in [1.29, 1.82) is 0 Å². The molecule has 1 N–H and O–H groups in total. The summed E-state index contributed by atoms with van der Waals surface area (Å²) in [5.41, 5.74) is 5.99. The Morgan fingerprint density at radius 3 is 2.34 bits per heavy atom. The van der Waals surface area contributed by atoms with Crippen molar-refractivity contribution < 1.29 is 4.79 Å². The zero-order chi connectivity index (χ0) is 20.4. The SMILES string of the molecule is CCc1ccc(NC(=O)c2c(C)c(-c3ccc(Cl)cc3)nc3ccccc23)cc1. The Hall–Kier alpha value is -3.17. The largest absolute Gasteiger partial charge is 0.322 e. The zero-order valence-electron chi connectivity index (χ0n) is 16.4. The molecular weight excluding hydrogens is 380 g/mol. The highest BCUT2D eigenvalue weighted by Crippen LogP contribution is 2.31. The van der Waals surface area contributed by atoms with Crippen molar-refractivity contribution in [3.8, 4) is 11.3 Å². The van der Waals surface area contributed by atoms with Gasteiger partial charge in [-0.05, 0) is 54.8 Å². The Balaban J connectivity index is 1.82. The number of nitrogens with zero attached hydrogens (tertiary/aromatic N) is 1. The van der Waals surface area contributed by atoms with Crippen LogP contribution in [0.2, 0.25) is 5.02 Å². The van der Waals surface area contributed by atoms with Crippen LogP contribution in [0.5, 0.6) is 0 Å². The van der Waals surface area contributed by atoms with Gasteiger partial charge in [-0.1, -0.05) is 61.0 Å². The van der Waals surface area contributed by atoms with E-state index < -0.39 is 0 Å². The van der Waals surface area contributed by atoms with Gasteiger partial charge in [-0.25, -0.2) is 4.98 Å². The van der Waals surface area contributed by atoms with Crippen LogP contribution in [0.1, 0.15) is 28.4 Å². The summed E-state index contributed by atoms with van der Waals surface area (Å²) < 4.78 is 0. The van der Waals surface area contributed by atoms with Crippen LogP contribution < -0.4 is 5.32 Å². The number of aromatic nitrogens is 1. The average molecular weight is 401 g/mol. The normalized spacial score (nSPS) is 10.9. The lowest BCUT2D eigenvalue weighted by atomic mass is 9.97. The van der Waals surface area contributed by atoms with Gasteiger partial charge in [0.2, 0.25) is 0 Å².